The second-order valence-electron chi connectivity index (χ2n) is 7.69. The van der Waals surface area contributed by atoms with Crippen LogP contribution in [0.4, 0.5) is 0 Å². The van der Waals surface area contributed by atoms with Crippen molar-refractivity contribution >= 4 is 23.7 Å². The molecule has 0 aromatic heterocycles. The minimum Gasteiger partial charge on any atom is -0.455 e. The molecule has 6 atom stereocenters. The molecule has 10 nitrogen and oxygen atoms in total. The minimum absolute atomic E-state index is 0.181. The Labute approximate surface area is 178 Å². The van der Waals surface area contributed by atoms with E-state index in [-0.39, 0.29) is 30.9 Å². The summed E-state index contributed by atoms with van der Waals surface area (Å²) in [6.07, 6.45) is -2.98. The molecule has 0 aliphatic carbocycles. The summed E-state index contributed by atoms with van der Waals surface area (Å²) in [5.41, 5.74) is 0.844. The van der Waals surface area contributed by atoms with E-state index < -0.39 is 48.8 Å². The summed E-state index contributed by atoms with van der Waals surface area (Å²) in [7, 11) is 2.90. The topological polar surface area (TPSA) is 120 Å². The molecule has 3 heterocycles. The van der Waals surface area contributed by atoms with E-state index >= 15 is 0 Å². The van der Waals surface area contributed by atoms with E-state index in [1.807, 2.05) is 30.3 Å². The summed E-state index contributed by atoms with van der Waals surface area (Å²) >= 11 is 0. The molecule has 0 spiro atoms. The molecule has 4 unspecified atom stereocenters. The third-order valence-electron chi connectivity index (χ3n) is 5.94. The van der Waals surface area contributed by atoms with Crippen LogP contribution in [0.15, 0.2) is 30.3 Å². The van der Waals surface area contributed by atoms with Gasteiger partial charge in [-0.25, -0.2) is 4.79 Å². The normalized spacial score (nSPS) is 31.1. The number of likely N-dealkylation sites (N-methyl/N-ethyl adjacent to an activating group) is 1. The molecule has 31 heavy (non-hydrogen) atoms. The Morgan fingerprint density at radius 3 is 2.29 bits per heavy atom. The number of nitrogens with one attached hydrogen (secondary N) is 1. The smallest absolute Gasteiger partial charge is 0.332 e. The van der Waals surface area contributed by atoms with Crippen LogP contribution in [-0.2, 0) is 44.7 Å². The van der Waals surface area contributed by atoms with Crippen molar-refractivity contribution in [3.05, 3.63) is 35.9 Å². The molecule has 10 heteroatoms. The van der Waals surface area contributed by atoms with Crippen molar-refractivity contribution in [1.29, 1.82) is 0 Å². The van der Waals surface area contributed by atoms with Crippen LogP contribution < -0.4 is 5.32 Å². The van der Waals surface area contributed by atoms with Crippen LogP contribution >= 0.6 is 0 Å². The largest absolute Gasteiger partial charge is 0.455 e. The number of hydrogen-bond acceptors (Lipinski definition) is 8. The van der Waals surface area contributed by atoms with Crippen LogP contribution in [0.2, 0.25) is 0 Å². The second-order valence-corrected chi connectivity index (χ2v) is 7.69. The van der Waals surface area contributed by atoms with Crippen LogP contribution in [0.3, 0.4) is 0 Å². The van der Waals surface area contributed by atoms with Crippen LogP contribution in [0.1, 0.15) is 5.56 Å². The molecule has 166 valence electrons. The maximum absolute atomic E-state index is 13.1. The molecular weight excluding hydrogens is 408 g/mol. The molecule has 3 aliphatic rings. The summed E-state index contributed by atoms with van der Waals surface area (Å²) in [4.78, 5) is 50.7. The summed E-state index contributed by atoms with van der Waals surface area (Å²) in [6, 6.07) is 9.25. The lowest BCUT2D eigenvalue weighted by Crippen LogP contribution is -2.50. The van der Waals surface area contributed by atoms with Crippen molar-refractivity contribution in [2.24, 2.45) is 11.8 Å². The zero-order valence-electron chi connectivity index (χ0n) is 17.2. The molecule has 0 radical (unpaired) electrons. The molecule has 3 saturated heterocycles. The number of nitrogens with zero attached hydrogens (tertiary/aromatic N) is 1. The Morgan fingerprint density at radius 2 is 1.68 bits per heavy atom. The number of benzene rings is 1. The third kappa shape index (κ3) is 3.82. The zero-order chi connectivity index (χ0) is 22.1. The van der Waals surface area contributed by atoms with Crippen LogP contribution in [-0.4, -0.2) is 80.4 Å². The fourth-order valence-corrected chi connectivity index (χ4v) is 4.56. The number of fused-ring (bicyclic) bond motifs is 5. The molecule has 3 aliphatic heterocycles. The molecule has 1 aromatic carbocycles. The predicted molar refractivity (Wildman–Crippen MR) is 103 cm³/mol. The van der Waals surface area contributed by atoms with Gasteiger partial charge in [-0.3, -0.25) is 19.3 Å². The molecule has 2 bridgehead atoms. The zero-order valence-corrected chi connectivity index (χ0v) is 17.2. The van der Waals surface area contributed by atoms with Crippen molar-refractivity contribution in [1.82, 2.24) is 10.2 Å². The molecule has 1 aromatic rings. The number of amides is 3. The number of hydrogen-bond donors (Lipinski definition) is 1. The summed E-state index contributed by atoms with van der Waals surface area (Å²) in [6.45, 7) is -0.530. The molecule has 1 N–H and O–H groups in total. The Kier molecular flexibility index (Phi) is 6.03. The van der Waals surface area contributed by atoms with E-state index in [1.165, 1.54) is 19.1 Å². The average molecular weight is 432 g/mol. The molecule has 4 rings (SSSR count). The first-order valence-corrected chi connectivity index (χ1v) is 10.0. The van der Waals surface area contributed by atoms with Gasteiger partial charge in [-0.2, -0.15) is 0 Å². The highest BCUT2D eigenvalue weighted by atomic mass is 16.6. The minimum atomic E-state index is -0.847. The number of carbonyl (C=O) groups excluding carboxylic acids is 4. The fourth-order valence-electron chi connectivity index (χ4n) is 4.56. The number of imide groups is 1. The van der Waals surface area contributed by atoms with Gasteiger partial charge >= 0.3 is 5.97 Å². The SMILES string of the molecule is CNC(=O)COCC(=O)OC1C2O[C@@H](C3C(=O)N(Cc4ccccc4)C(=O)C23)[C@H]1OC. The number of rotatable bonds is 8. The van der Waals surface area contributed by atoms with E-state index in [1.54, 1.807) is 0 Å². The molecule has 0 saturated carbocycles. The highest BCUT2D eigenvalue weighted by molar-refractivity contribution is 6.06. The van der Waals surface area contributed by atoms with Crippen molar-refractivity contribution in [2.45, 2.75) is 31.0 Å². The highest BCUT2D eigenvalue weighted by Crippen LogP contribution is 2.50. The molecule has 3 amide bonds. The van der Waals surface area contributed by atoms with Gasteiger partial charge in [0, 0.05) is 14.2 Å². The molecular formula is C21H24N2O8. The Balaban J connectivity index is 1.44. The van der Waals surface area contributed by atoms with Crippen LogP contribution in [0.25, 0.3) is 0 Å². The van der Waals surface area contributed by atoms with Crippen molar-refractivity contribution < 1.29 is 38.1 Å². The average Bonchev–Trinajstić information content (AvgIpc) is 3.39. The maximum Gasteiger partial charge on any atom is 0.332 e. The van der Waals surface area contributed by atoms with Gasteiger partial charge in [0.1, 0.15) is 31.5 Å². The third-order valence-corrected chi connectivity index (χ3v) is 5.94. The Hall–Kier alpha value is -2.82. The van der Waals surface area contributed by atoms with Gasteiger partial charge in [-0.15, -0.1) is 0 Å². The van der Waals surface area contributed by atoms with Gasteiger partial charge in [0.05, 0.1) is 18.4 Å². The van der Waals surface area contributed by atoms with Crippen molar-refractivity contribution in [3.63, 3.8) is 0 Å². The quantitative estimate of drug-likeness (QED) is 0.421. The number of ether oxygens (including phenoxy) is 4. The number of methoxy groups -OCH3 is 1. The van der Waals surface area contributed by atoms with Gasteiger partial charge in [0.25, 0.3) is 0 Å². The lowest BCUT2D eigenvalue weighted by atomic mass is 9.78. The summed E-state index contributed by atoms with van der Waals surface area (Å²) < 4.78 is 21.9. The van der Waals surface area contributed by atoms with Gasteiger partial charge in [0.2, 0.25) is 17.7 Å². The Bertz CT molecular complexity index is 875. The van der Waals surface area contributed by atoms with Crippen LogP contribution in [0.5, 0.6) is 0 Å². The van der Waals surface area contributed by atoms with Gasteiger partial charge < -0.3 is 24.3 Å². The van der Waals surface area contributed by atoms with Gasteiger partial charge in [0.15, 0.2) is 6.10 Å². The standard InChI is InChI=1S/C21H24N2O8/c1-22-12(24)9-29-10-13(25)30-19-17-15-14(16(31-17)18(19)28-2)20(26)23(21(15)27)8-11-6-4-3-5-7-11/h3-7,14-19H,8-10H2,1-2H3,(H,22,24)/t14?,15?,16-,17?,18+,19?/m0/s1. The van der Waals surface area contributed by atoms with E-state index in [4.69, 9.17) is 18.9 Å². The van der Waals surface area contributed by atoms with Crippen LogP contribution in [0, 0.1) is 11.8 Å². The number of carbonyl (C=O) groups is 4. The maximum atomic E-state index is 13.1. The van der Waals surface area contributed by atoms with Crippen molar-refractivity contribution in [3.8, 4) is 0 Å². The van der Waals surface area contributed by atoms with Crippen molar-refractivity contribution in [2.75, 3.05) is 27.4 Å². The second kappa shape index (κ2) is 8.74. The number of esters is 1. The molecule has 3 fully saturated rings. The lowest BCUT2D eigenvalue weighted by Gasteiger charge is -2.31. The first-order chi connectivity index (χ1) is 15.0. The van der Waals surface area contributed by atoms with E-state index in [0.717, 1.165) is 5.56 Å². The Morgan fingerprint density at radius 1 is 1.03 bits per heavy atom. The summed E-state index contributed by atoms with van der Waals surface area (Å²) in [5.74, 6) is -3.10. The number of likely N-dealkylation sites (tertiary alicyclic amines) is 1. The van der Waals surface area contributed by atoms with Gasteiger partial charge in [-0.05, 0) is 5.56 Å². The first kappa shape index (κ1) is 21.4. The van der Waals surface area contributed by atoms with Gasteiger partial charge in [-0.1, -0.05) is 30.3 Å². The lowest BCUT2D eigenvalue weighted by molar-refractivity contribution is -0.166. The van der Waals surface area contributed by atoms with E-state index in [9.17, 15) is 19.2 Å². The predicted octanol–water partition coefficient (Wildman–Crippen LogP) is -0.742. The first-order valence-electron chi connectivity index (χ1n) is 10.0. The summed E-state index contributed by atoms with van der Waals surface area (Å²) in [5, 5.41) is 2.38. The van der Waals surface area contributed by atoms with E-state index in [2.05, 4.69) is 5.32 Å². The monoisotopic (exact) mass is 432 g/mol. The fraction of sp³-hybridized carbons (Fsp3) is 0.524. The van der Waals surface area contributed by atoms with E-state index in [0.29, 0.717) is 0 Å². The highest BCUT2D eigenvalue weighted by Gasteiger charge is 2.70.